The van der Waals surface area contributed by atoms with E-state index in [0.29, 0.717) is 29.7 Å². The smallest absolute Gasteiger partial charge is 0.241 e. The molecule has 0 radical (unpaired) electrons. The van der Waals surface area contributed by atoms with Gasteiger partial charge in [0.2, 0.25) is 23.6 Å². The molecule has 2 saturated heterocycles. The highest BCUT2D eigenvalue weighted by Gasteiger charge is 2.67. The Morgan fingerprint density at radius 2 is 1.64 bits per heavy atom. The number of rotatable bonds is 2. The fourth-order valence-corrected chi connectivity index (χ4v) is 7.29. The molecule has 184 valence electrons. The average Bonchev–Trinajstić information content (AvgIpc) is 3.25. The molecule has 2 heterocycles. The van der Waals surface area contributed by atoms with Crippen LogP contribution in [-0.4, -0.2) is 28.7 Å². The quantitative estimate of drug-likeness (QED) is 0.501. The van der Waals surface area contributed by atoms with Gasteiger partial charge in [0.05, 0.1) is 28.9 Å². The van der Waals surface area contributed by atoms with E-state index < -0.39 is 29.1 Å². The van der Waals surface area contributed by atoms with Gasteiger partial charge in [-0.1, -0.05) is 42.0 Å². The van der Waals surface area contributed by atoms with Crippen molar-refractivity contribution in [1.82, 2.24) is 5.32 Å². The number of para-hydroxylation sites is 1. The van der Waals surface area contributed by atoms with Gasteiger partial charge >= 0.3 is 0 Å². The van der Waals surface area contributed by atoms with Crippen molar-refractivity contribution in [3.8, 4) is 5.75 Å². The first kappa shape index (κ1) is 22.7. The molecule has 7 heteroatoms. The largest absolute Gasteiger partial charge is 0.507 e. The van der Waals surface area contributed by atoms with Crippen LogP contribution in [0, 0.1) is 42.9 Å². The highest BCUT2D eigenvalue weighted by Crippen LogP contribution is 2.63. The van der Waals surface area contributed by atoms with E-state index in [1.54, 1.807) is 24.3 Å². The van der Waals surface area contributed by atoms with Gasteiger partial charge in [0.25, 0.3) is 0 Å². The van der Waals surface area contributed by atoms with Gasteiger partial charge < -0.3 is 5.11 Å². The van der Waals surface area contributed by atoms with Crippen LogP contribution in [0.1, 0.15) is 42.4 Å². The van der Waals surface area contributed by atoms with Crippen LogP contribution >= 0.6 is 0 Å². The maximum absolute atomic E-state index is 14.2. The molecule has 6 rings (SSSR count). The van der Waals surface area contributed by atoms with E-state index in [1.165, 1.54) is 4.90 Å². The van der Waals surface area contributed by atoms with Gasteiger partial charge in [-0.3, -0.25) is 24.5 Å². The second-order valence-electron chi connectivity index (χ2n) is 10.9. The molecule has 1 saturated carbocycles. The number of hydrogen-bond acceptors (Lipinski definition) is 5. The lowest BCUT2D eigenvalue weighted by atomic mass is 9.51. The predicted molar refractivity (Wildman–Crippen MR) is 132 cm³/mol. The number of allylic oxidation sites excluding steroid dienone is 2. The van der Waals surface area contributed by atoms with Crippen LogP contribution in [0.2, 0.25) is 0 Å². The molecule has 0 aromatic heterocycles. The Morgan fingerprint density at radius 3 is 2.31 bits per heavy atom. The van der Waals surface area contributed by atoms with Crippen LogP contribution in [0.5, 0.6) is 5.75 Å². The van der Waals surface area contributed by atoms with Gasteiger partial charge in [0.1, 0.15) is 5.75 Å². The fourth-order valence-electron chi connectivity index (χ4n) is 7.29. The van der Waals surface area contributed by atoms with Crippen molar-refractivity contribution in [2.75, 3.05) is 4.90 Å². The van der Waals surface area contributed by atoms with Crippen LogP contribution in [0.4, 0.5) is 5.69 Å². The van der Waals surface area contributed by atoms with E-state index in [4.69, 9.17) is 0 Å². The Hall–Kier alpha value is -3.74. The summed E-state index contributed by atoms with van der Waals surface area (Å²) in [6.45, 7) is 5.50. The summed E-state index contributed by atoms with van der Waals surface area (Å²) < 4.78 is 0. The summed E-state index contributed by atoms with van der Waals surface area (Å²) in [6, 6.07) is 12.7. The Kier molecular flexibility index (Phi) is 4.81. The Morgan fingerprint density at radius 1 is 0.972 bits per heavy atom. The zero-order chi connectivity index (χ0) is 25.5. The van der Waals surface area contributed by atoms with Crippen LogP contribution < -0.4 is 10.2 Å². The minimum absolute atomic E-state index is 0.200. The number of hydrogen-bond donors (Lipinski definition) is 2. The summed E-state index contributed by atoms with van der Waals surface area (Å²) in [6.07, 6.45) is 2.78. The number of phenolic OH excluding ortho intramolecular Hbond substituents is 1. The van der Waals surface area contributed by atoms with Gasteiger partial charge in [-0.05, 0) is 68.4 Å². The topological polar surface area (TPSA) is 104 Å². The summed E-state index contributed by atoms with van der Waals surface area (Å²) in [5, 5.41) is 12.9. The van der Waals surface area contributed by atoms with Gasteiger partial charge in [0, 0.05) is 5.92 Å². The van der Waals surface area contributed by atoms with E-state index in [0.717, 1.165) is 11.1 Å². The lowest BCUT2D eigenvalue weighted by Gasteiger charge is -2.49. The Bertz CT molecular complexity index is 1360. The van der Waals surface area contributed by atoms with Crippen molar-refractivity contribution < 1.29 is 24.3 Å². The first-order valence-electron chi connectivity index (χ1n) is 12.4. The molecule has 4 aliphatic rings. The molecule has 2 aliphatic carbocycles. The van der Waals surface area contributed by atoms with Crippen molar-refractivity contribution in [2.45, 2.75) is 39.5 Å². The number of anilines is 1. The third-order valence-electron chi connectivity index (χ3n) is 8.98. The van der Waals surface area contributed by atoms with Crippen LogP contribution in [0.25, 0.3) is 0 Å². The second-order valence-corrected chi connectivity index (χ2v) is 10.9. The summed E-state index contributed by atoms with van der Waals surface area (Å²) in [4.78, 5) is 54.8. The first-order chi connectivity index (χ1) is 17.1. The van der Waals surface area contributed by atoms with Crippen LogP contribution in [0.3, 0.4) is 0 Å². The SMILES string of the molecule is Cc1cc(C2C3=CCC4C(=O)NC(=O)C4C3CC3C(=O)N(c4ccccc4)C(=O)C32C)cc(C)c1O. The minimum Gasteiger partial charge on any atom is -0.507 e. The highest BCUT2D eigenvalue weighted by atomic mass is 16.3. The minimum atomic E-state index is -1.07. The number of fused-ring (bicyclic) bond motifs is 4. The average molecular weight is 485 g/mol. The van der Waals surface area contributed by atoms with E-state index in [1.807, 2.05) is 45.0 Å². The van der Waals surface area contributed by atoms with Crippen molar-refractivity contribution in [1.29, 1.82) is 0 Å². The molecule has 4 amide bonds. The highest BCUT2D eigenvalue weighted by molar-refractivity contribution is 6.24. The van der Waals surface area contributed by atoms with Crippen LogP contribution in [0.15, 0.2) is 54.1 Å². The number of nitrogens with zero attached hydrogens (tertiary/aromatic N) is 1. The number of amides is 4. The summed E-state index contributed by atoms with van der Waals surface area (Å²) >= 11 is 0. The lowest BCUT2D eigenvalue weighted by molar-refractivity contribution is -0.131. The zero-order valence-electron chi connectivity index (χ0n) is 20.4. The number of carbonyl (C=O) groups excluding carboxylic acids is 4. The van der Waals surface area contributed by atoms with Gasteiger partial charge in [0.15, 0.2) is 0 Å². The summed E-state index contributed by atoms with van der Waals surface area (Å²) in [5.41, 5.74) is 2.62. The summed E-state index contributed by atoms with van der Waals surface area (Å²) in [7, 11) is 0. The molecular weight excluding hydrogens is 456 g/mol. The fraction of sp³-hybridized carbons (Fsp3) is 0.379. The van der Waals surface area contributed by atoms with Crippen molar-refractivity contribution in [3.63, 3.8) is 0 Å². The molecule has 36 heavy (non-hydrogen) atoms. The monoisotopic (exact) mass is 484 g/mol. The number of benzene rings is 2. The second kappa shape index (κ2) is 7.63. The third kappa shape index (κ3) is 2.85. The van der Waals surface area contributed by atoms with Crippen LogP contribution in [-0.2, 0) is 19.2 Å². The zero-order valence-corrected chi connectivity index (χ0v) is 20.4. The van der Waals surface area contributed by atoms with Gasteiger partial charge in [-0.2, -0.15) is 0 Å². The standard InChI is InChI=1S/C29H28N2O5/c1-14-11-16(12-15(2)24(14)32)23-18-9-10-19-22(26(34)30-25(19)33)20(18)13-21-27(35)31(28(36)29(21,23)3)17-7-5-4-6-8-17/h4-9,11-12,19-23,32H,10,13H2,1-3H3,(H,30,33,34). The normalized spacial score (nSPS) is 33.1. The first-order valence-corrected chi connectivity index (χ1v) is 12.4. The molecule has 0 spiro atoms. The molecule has 2 aromatic carbocycles. The molecule has 6 unspecified atom stereocenters. The number of imide groups is 2. The molecule has 2 N–H and O–H groups in total. The molecule has 2 aliphatic heterocycles. The van der Waals surface area contributed by atoms with E-state index in [-0.39, 0.29) is 35.3 Å². The Balaban J connectivity index is 1.57. The van der Waals surface area contributed by atoms with Gasteiger partial charge in [-0.25, -0.2) is 4.90 Å². The number of aromatic hydroxyl groups is 1. The Labute approximate surface area is 209 Å². The van der Waals surface area contributed by atoms with E-state index in [2.05, 4.69) is 5.32 Å². The number of phenols is 1. The lowest BCUT2D eigenvalue weighted by Crippen LogP contribution is -2.48. The summed E-state index contributed by atoms with van der Waals surface area (Å²) in [5.74, 6) is -3.30. The number of carbonyl (C=O) groups is 4. The maximum Gasteiger partial charge on any atom is 0.241 e. The van der Waals surface area contributed by atoms with Crippen molar-refractivity contribution >= 4 is 29.3 Å². The van der Waals surface area contributed by atoms with Crippen molar-refractivity contribution in [3.05, 3.63) is 70.8 Å². The molecule has 0 bridgehead atoms. The molecule has 7 nitrogen and oxygen atoms in total. The molecular formula is C29H28N2O5. The number of nitrogens with one attached hydrogen (secondary N) is 1. The third-order valence-corrected chi connectivity index (χ3v) is 8.98. The maximum atomic E-state index is 14.2. The molecule has 6 atom stereocenters. The van der Waals surface area contributed by atoms with E-state index >= 15 is 0 Å². The molecule has 3 fully saturated rings. The molecule has 2 aromatic rings. The van der Waals surface area contributed by atoms with E-state index in [9.17, 15) is 24.3 Å². The number of aryl methyl sites for hydroxylation is 2. The predicted octanol–water partition coefficient (Wildman–Crippen LogP) is 3.53. The van der Waals surface area contributed by atoms with Gasteiger partial charge in [-0.15, -0.1) is 0 Å². The van der Waals surface area contributed by atoms with Crippen molar-refractivity contribution in [2.24, 2.45) is 29.1 Å².